The summed E-state index contributed by atoms with van der Waals surface area (Å²) in [6.07, 6.45) is 2.00. The fraction of sp³-hybridized carbons (Fsp3) is 0.467. The highest BCUT2D eigenvalue weighted by molar-refractivity contribution is 6.65. The van der Waals surface area contributed by atoms with Gasteiger partial charge in [0.1, 0.15) is 0 Å². The lowest BCUT2D eigenvalue weighted by molar-refractivity contribution is 0.00578. The molecule has 1 aliphatic rings. The van der Waals surface area contributed by atoms with E-state index in [-0.39, 0.29) is 18.3 Å². The number of H-pyrrole nitrogens is 1. The van der Waals surface area contributed by atoms with E-state index in [1.54, 1.807) is 0 Å². The quantitative estimate of drug-likeness (QED) is 0.797. The van der Waals surface area contributed by atoms with E-state index in [4.69, 9.17) is 9.31 Å². The summed E-state index contributed by atoms with van der Waals surface area (Å²) in [5.41, 5.74) is 2.85. The Balaban J connectivity index is 2.08. The molecule has 0 unspecified atom stereocenters. The van der Waals surface area contributed by atoms with Crippen LogP contribution >= 0.6 is 0 Å². The molecule has 0 amide bonds. The first-order valence-corrected chi connectivity index (χ1v) is 6.74. The molecule has 0 atom stereocenters. The minimum absolute atomic E-state index is 0.302. The number of nitrogens with one attached hydrogen (secondary N) is 1. The van der Waals surface area contributed by atoms with E-state index in [0.717, 1.165) is 11.0 Å². The predicted octanol–water partition coefficient (Wildman–Crippen LogP) is 2.78. The molecule has 2 aromatic rings. The van der Waals surface area contributed by atoms with Crippen LogP contribution in [0.4, 0.5) is 0 Å². The second-order valence-corrected chi connectivity index (χ2v) is 6.33. The molecule has 4 heteroatoms. The summed E-state index contributed by atoms with van der Waals surface area (Å²) in [7, 11) is -0.306. The summed E-state index contributed by atoms with van der Waals surface area (Å²) in [6, 6.07) is 6.25. The van der Waals surface area contributed by atoms with Crippen molar-refractivity contribution in [2.45, 2.75) is 45.8 Å². The van der Waals surface area contributed by atoms with Crippen molar-refractivity contribution in [3.63, 3.8) is 0 Å². The zero-order valence-electron chi connectivity index (χ0n) is 12.2. The highest BCUT2D eigenvalue weighted by Gasteiger charge is 2.52. The van der Waals surface area contributed by atoms with Crippen LogP contribution < -0.4 is 5.46 Å². The van der Waals surface area contributed by atoms with Crippen LogP contribution in [0.15, 0.2) is 24.4 Å². The third-order valence-electron chi connectivity index (χ3n) is 4.45. The zero-order valence-corrected chi connectivity index (χ0v) is 12.2. The topological polar surface area (TPSA) is 34.2 Å². The molecule has 100 valence electrons. The van der Waals surface area contributed by atoms with E-state index in [1.807, 2.05) is 6.20 Å². The molecule has 1 aromatic heterocycles. The summed E-state index contributed by atoms with van der Waals surface area (Å²) in [6.45, 7) is 10.4. The Kier molecular flexibility index (Phi) is 2.60. The monoisotopic (exact) mass is 257 g/mol. The number of aromatic amines is 1. The fourth-order valence-corrected chi connectivity index (χ4v) is 2.55. The minimum Gasteiger partial charge on any atom is -0.399 e. The van der Waals surface area contributed by atoms with Gasteiger partial charge in [0.05, 0.1) is 11.2 Å². The van der Waals surface area contributed by atoms with Gasteiger partial charge in [-0.1, -0.05) is 12.1 Å². The van der Waals surface area contributed by atoms with Crippen LogP contribution in [-0.4, -0.2) is 23.3 Å². The lowest BCUT2D eigenvalue weighted by atomic mass is 9.78. The highest BCUT2D eigenvalue weighted by atomic mass is 16.7. The Labute approximate surface area is 114 Å². The van der Waals surface area contributed by atoms with Crippen molar-refractivity contribution < 1.29 is 9.31 Å². The molecule has 1 aliphatic heterocycles. The maximum absolute atomic E-state index is 6.13. The Morgan fingerprint density at radius 3 is 2.32 bits per heavy atom. The molecule has 0 saturated carbocycles. The number of hydrogen-bond donors (Lipinski definition) is 1. The molecule has 3 rings (SSSR count). The molecule has 2 heterocycles. The van der Waals surface area contributed by atoms with Crippen molar-refractivity contribution in [3.8, 4) is 0 Å². The second kappa shape index (κ2) is 3.87. The first-order chi connectivity index (χ1) is 8.82. The Morgan fingerprint density at radius 1 is 1.05 bits per heavy atom. The average Bonchev–Trinajstić information content (AvgIpc) is 2.80. The number of fused-ring (bicyclic) bond motifs is 1. The molecule has 0 spiro atoms. The molecule has 0 bridgehead atoms. The van der Waals surface area contributed by atoms with Gasteiger partial charge in [-0.25, -0.2) is 0 Å². The third kappa shape index (κ3) is 1.82. The van der Waals surface area contributed by atoms with Crippen LogP contribution in [0.5, 0.6) is 0 Å². The van der Waals surface area contributed by atoms with Crippen molar-refractivity contribution in [3.05, 3.63) is 30.0 Å². The maximum Gasteiger partial charge on any atom is 0.497 e. The molecular formula is C15H20BNO2. The number of rotatable bonds is 1. The van der Waals surface area contributed by atoms with Crippen molar-refractivity contribution >= 4 is 23.5 Å². The van der Waals surface area contributed by atoms with Gasteiger partial charge < -0.3 is 14.3 Å². The lowest BCUT2D eigenvalue weighted by Gasteiger charge is -2.32. The van der Waals surface area contributed by atoms with E-state index < -0.39 is 0 Å². The summed E-state index contributed by atoms with van der Waals surface area (Å²) in [5.74, 6) is 0. The van der Waals surface area contributed by atoms with Crippen LogP contribution in [0.2, 0.25) is 0 Å². The van der Waals surface area contributed by atoms with Gasteiger partial charge in [-0.15, -0.1) is 0 Å². The first kappa shape index (κ1) is 12.8. The summed E-state index contributed by atoms with van der Waals surface area (Å²) >= 11 is 0. The Morgan fingerprint density at radius 2 is 1.68 bits per heavy atom. The molecule has 1 fully saturated rings. The molecule has 1 aromatic carbocycles. The van der Waals surface area contributed by atoms with Crippen molar-refractivity contribution in [1.29, 1.82) is 0 Å². The fourth-order valence-electron chi connectivity index (χ4n) is 2.55. The van der Waals surface area contributed by atoms with Crippen LogP contribution in [0, 0.1) is 6.92 Å². The Hall–Kier alpha value is -1.26. The zero-order chi connectivity index (χ0) is 13.8. The van der Waals surface area contributed by atoms with Crippen molar-refractivity contribution in [1.82, 2.24) is 4.98 Å². The number of hydrogen-bond acceptors (Lipinski definition) is 2. The SMILES string of the molecule is Cc1cccc2[nH]cc(B3OC(C)(C)C(C)(C)O3)c12. The molecule has 1 saturated heterocycles. The van der Waals surface area contributed by atoms with E-state index in [0.29, 0.717) is 0 Å². The maximum atomic E-state index is 6.13. The second-order valence-electron chi connectivity index (χ2n) is 6.33. The summed E-state index contributed by atoms with van der Waals surface area (Å²) in [4.78, 5) is 3.30. The standard InChI is InChI=1S/C15H20BNO2/c1-10-7-6-8-12-13(10)11(9-17-12)16-18-14(2,3)15(4,5)19-16/h6-9,17H,1-5H3. The highest BCUT2D eigenvalue weighted by Crippen LogP contribution is 2.37. The molecule has 19 heavy (non-hydrogen) atoms. The normalized spacial score (nSPS) is 21.2. The van der Waals surface area contributed by atoms with E-state index >= 15 is 0 Å². The molecule has 0 radical (unpaired) electrons. The molecule has 1 N–H and O–H groups in total. The summed E-state index contributed by atoms with van der Waals surface area (Å²) < 4.78 is 12.3. The van der Waals surface area contributed by atoms with Crippen molar-refractivity contribution in [2.24, 2.45) is 0 Å². The van der Waals surface area contributed by atoms with Crippen LogP contribution in [0.3, 0.4) is 0 Å². The number of aryl methyl sites for hydroxylation is 1. The third-order valence-corrected chi connectivity index (χ3v) is 4.45. The van der Waals surface area contributed by atoms with Gasteiger partial charge in [-0.3, -0.25) is 0 Å². The van der Waals surface area contributed by atoms with Gasteiger partial charge in [0.25, 0.3) is 0 Å². The molecular weight excluding hydrogens is 237 g/mol. The predicted molar refractivity (Wildman–Crippen MR) is 78.8 cm³/mol. The Bertz CT molecular complexity index is 614. The van der Waals surface area contributed by atoms with Crippen LogP contribution in [-0.2, 0) is 9.31 Å². The first-order valence-electron chi connectivity index (χ1n) is 6.74. The molecule has 3 nitrogen and oxygen atoms in total. The minimum atomic E-state index is -0.306. The van der Waals surface area contributed by atoms with Crippen LogP contribution in [0.25, 0.3) is 10.9 Å². The smallest absolute Gasteiger partial charge is 0.399 e. The van der Waals surface area contributed by atoms with E-state index in [1.165, 1.54) is 10.9 Å². The number of benzene rings is 1. The van der Waals surface area contributed by atoms with E-state index in [2.05, 4.69) is 57.8 Å². The van der Waals surface area contributed by atoms with Gasteiger partial charge in [0, 0.05) is 22.6 Å². The van der Waals surface area contributed by atoms with Gasteiger partial charge in [0.15, 0.2) is 0 Å². The van der Waals surface area contributed by atoms with Gasteiger partial charge in [-0.05, 0) is 46.2 Å². The lowest BCUT2D eigenvalue weighted by Crippen LogP contribution is -2.41. The van der Waals surface area contributed by atoms with Crippen LogP contribution in [0.1, 0.15) is 33.3 Å². The van der Waals surface area contributed by atoms with Crippen molar-refractivity contribution in [2.75, 3.05) is 0 Å². The molecule has 0 aliphatic carbocycles. The average molecular weight is 257 g/mol. The van der Waals surface area contributed by atoms with Gasteiger partial charge >= 0.3 is 7.12 Å². The van der Waals surface area contributed by atoms with Gasteiger partial charge in [0.2, 0.25) is 0 Å². The van der Waals surface area contributed by atoms with E-state index in [9.17, 15) is 0 Å². The largest absolute Gasteiger partial charge is 0.497 e. The van der Waals surface area contributed by atoms with Gasteiger partial charge in [-0.2, -0.15) is 0 Å². The number of aromatic nitrogens is 1. The summed E-state index contributed by atoms with van der Waals surface area (Å²) in [5, 5.41) is 1.21.